The van der Waals surface area contributed by atoms with E-state index in [-0.39, 0.29) is 5.56 Å². The Kier molecular flexibility index (Phi) is 3.05. The van der Waals surface area contributed by atoms with Gasteiger partial charge in [0.05, 0.1) is 12.7 Å². The Hall–Kier alpha value is -2.36. The maximum Gasteiger partial charge on any atom is 0.335 e. The molecule has 0 aliphatic rings. The molecule has 0 saturated carbocycles. The van der Waals surface area contributed by atoms with Crippen molar-refractivity contribution in [2.75, 3.05) is 7.11 Å². The number of rotatable bonds is 3. The highest BCUT2D eigenvalue weighted by Gasteiger charge is 2.09. The van der Waals surface area contributed by atoms with Crippen LogP contribution in [0.25, 0.3) is 11.3 Å². The topological polar surface area (TPSA) is 59.4 Å². The third-order valence-electron chi connectivity index (χ3n) is 2.37. The van der Waals surface area contributed by atoms with E-state index in [2.05, 4.69) is 4.98 Å². The van der Waals surface area contributed by atoms with Gasteiger partial charge in [0.15, 0.2) is 0 Å². The van der Waals surface area contributed by atoms with Crippen molar-refractivity contribution in [1.82, 2.24) is 4.98 Å². The standard InChI is InChI=1S/C13H11NO3/c1-17-11-6-3-7-14-12(11)9-4-2-5-10(8-9)13(15)16/h2-8H,1H3,(H,15,16). The molecule has 4 nitrogen and oxygen atoms in total. The summed E-state index contributed by atoms with van der Waals surface area (Å²) in [6, 6.07) is 10.2. The minimum Gasteiger partial charge on any atom is -0.494 e. The van der Waals surface area contributed by atoms with E-state index in [4.69, 9.17) is 9.84 Å². The second-order valence-electron chi connectivity index (χ2n) is 3.44. The normalized spacial score (nSPS) is 9.94. The average molecular weight is 229 g/mol. The number of carbonyl (C=O) groups is 1. The molecule has 1 aromatic carbocycles. The summed E-state index contributed by atoms with van der Waals surface area (Å²) in [5.41, 5.74) is 1.59. The maximum absolute atomic E-state index is 10.9. The Morgan fingerprint density at radius 2 is 2.12 bits per heavy atom. The molecule has 0 atom stereocenters. The molecule has 1 aromatic heterocycles. The van der Waals surface area contributed by atoms with Crippen LogP contribution >= 0.6 is 0 Å². The van der Waals surface area contributed by atoms with E-state index in [9.17, 15) is 4.79 Å². The van der Waals surface area contributed by atoms with Crippen LogP contribution in [0.1, 0.15) is 10.4 Å². The van der Waals surface area contributed by atoms with Gasteiger partial charge in [0, 0.05) is 11.8 Å². The number of carboxylic acids is 1. The lowest BCUT2D eigenvalue weighted by atomic mass is 10.1. The Morgan fingerprint density at radius 1 is 1.29 bits per heavy atom. The largest absolute Gasteiger partial charge is 0.494 e. The number of hydrogen-bond acceptors (Lipinski definition) is 3. The number of carboxylic acid groups (broad SMARTS) is 1. The van der Waals surface area contributed by atoms with Crippen molar-refractivity contribution in [3.63, 3.8) is 0 Å². The molecule has 0 saturated heterocycles. The van der Waals surface area contributed by atoms with E-state index in [1.165, 1.54) is 0 Å². The fraction of sp³-hybridized carbons (Fsp3) is 0.0769. The number of pyridine rings is 1. The van der Waals surface area contributed by atoms with Crippen molar-refractivity contribution >= 4 is 5.97 Å². The molecule has 0 bridgehead atoms. The molecular formula is C13H11NO3. The van der Waals surface area contributed by atoms with Gasteiger partial charge in [-0.15, -0.1) is 0 Å². The van der Waals surface area contributed by atoms with Gasteiger partial charge in [0.25, 0.3) is 0 Å². The zero-order valence-corrected chi connectivity index (χ0v) is 9.25. The van der Waals surface area contributed by atoms with Crippen LogP contribution in [0.3, 0.4) is 0 Å². The zero-order chi connectivity index (χ0) is 12.3. The van der Waals surface area contributed by atoms with Crippen LogP contribution in [0.2, 0.25) is 0 Å². The predicted octanol–water partition coefficient (Wildman–Crippen LogP) is 2.46. The first kappa shape index (κ1) is 11.1. The van der Waals surface area contributed by atoms with Gasteiger partial charge < -0.3 is 9.84 Å². The summed E-state index contributed by atoms with van der Waals surface area (Å²) in [6.07, 6.45) is 1.64. The van der Waals surface area contributed by atoms with Gasteiger partial charge >= 0.3 is 5.97 Å². The van der Waals surface area contributed by atoms with Gasteiger partial charge in [-0.2, -0.15) is 0 Å². The summed E-state index contributed by atoms with van der Waals surface area (Å²) in [4.78, 5) is 15.1. The molecule has 0 fully saturated rings. The number of ether oxygens (including phenoxy) is 1. The van der Waals surface area contributed by atoms with E-state index in [0.717, 1.165) is 5.56 Å². The summed E-state index contributed by atoms with van der Waals surface area (Å²) >= 11 is 0. The maximum atomic E-state index is 10.9. The number of benzene rings is 1. The van der Waals surface area contributed by atoms with Crippen molar-refractivity contribution < 1.29 is 14.6 Å². The van der Waals surface area contributed by atoms with Gasteiger partial charge in [-0.1, -0.05) is 12.1 Å². The SMILES string of the molecule is COc1cccnc1-c1cccc(C(=O)O)c1. The lowest BCUT2D eigenvalue weighted by Crippen LogP contribution is -1.97. The number of aromatic nitrogens is 1. The van der Waals surface area contributed by atoms with Crippen molar-refractivity contribution in [3.8, 4) is 17.0 Å². The molecule has 4 heteroatoms. The van der Waals surface area contributed by atoms with Gasteiger partial charge in [0.2, 0.25) is 0 Å². The second kappa shape index (κ2) is 4.65. The Bertz CT molecular complexity index is 552. The molecule has 86 valence electrons. The first-order valence-corrected chi connectivity index (χ1v) is 5.05. The van der Waals surface area contributed by atoms with Crippen molar-refractivity contribution in [3.05, 3.63) is 48.2 Å². The number of nitrogens with zero attached hydrogens (tertiary/aromatic N) is 1. The third kappa shape index (κ3) is 2.25. The molecule has 1 N–H and O–H groups in total. The van der Waals surface area contributed by atoms with Crippen LogP contribution in [0, 0.1) is 0 Å². The molecule has 1 heterocycles. The molecule has 0 unspecified atom stereocenters. The first-order valence-electron chi connectivity index (χ1n) is 5.05. The van der Waals surface area contributed by atoms with E-state index in [1.807, 2.05) is 0 Å². The van der Waals surface area contributed by atoms with Crippen LogP contribution < -0.4 is 4.74 Å². The van der Waals surface area contributed by atoms with Gasteiger partial charge in [-0.3, -0.25) is 4.98 Å². The molecule has 17 heavy (non-hydrogen) atoms. The Morgan fingerprint density at radius 3 is 2.82 bits per heavy atom. The molecule has 0 aliphatic carbocycles. The van der Waals surface area contributed by atoms with Crippen molar-refractivity contribution in [2.24, 2.45) is 0 Å². The lowest BCUT2D eigenvalue weighted by molar-refractivity contribution is 0.0697. The minimum absolute atomic E-state index is 0.232. The minimum atomic E-state index is -0.957. The molecule has 0 amide bonds. The summed E-state index contributed by atoms with van der Waals surface area (Å²) < 4.78 is 5.19. The van der Waals surface area contributed by atoms with Gasteiger partial charge in [-0.25, -0.2) is 4.79 Å². The summed E-state index contributed by atoms with van der Waals surface area (Å²) in [5.74, 6) is -0.336. The van der Waals surface area contributed by atoms with Crippen LogP contribution in [-0.2, 0) is 0 Å². The third-order valence-corrected chi connectivity index (χ3v) is 2.37. The molecule has 2 aromatic rings. The highest BCUT2D eigenvalue weighted by atomic mass is 16.5. The summed E-state index contributed by atoms with van der Waals surface area (Å²) in [7, 11) is 1.56. The monoisotopic (exact) mass is 229 g/mol. The zero-order valence-electron chi connectivity index (χ0n) is 9.25. The fourth-order valence-electron chi connectivity index (χ4n) is 1.57. The van der Waals surface area contributed by atoms with Gasteiger partial charge in [0.1, 0.15) is 11.4 Å². The number of aromatic carboxylic acids is 1. The molecular weight excluding hydrogens is 218 g/mol. The molecule has 0 radical (unpaired) electrons. The second-order valence-corrected chi connectivity index (χ2v) is 3.44. The van der Waals surface area contributed by atoms with Crippen LogP contribution in [0.4, 0.5) is 0 Å². The quantitative estimate of drug-likeness (QED) is 0.878. The van der Waals surface area contributed by atoms with Crippen LogP contribution in [0.15, 0.2) is 42.6 Å². The summed E-state index contributed by atoms with van der Waals surface area (Å²) in [5, 5.41) is 8.93. The van der Waals surface area contributed by atoms with Crippen molar-refractivity contribution in [1.29, 1.82) is 0 Å². The van der Waals surface area contributed by atoms with Crippen molar-refractivity contribution in [2.45, 2.75) is 0 Å². The van der Waals surface area contributed by atoms with E-state index < -0.39 is 5.97 Å². The van der Waals surface area contributed by atoms with Crippen LogP contribution in [-0.4, -0.2) is 23.2 Å². The fourth-order valence-corrected chi connectivity index (χ4v) is 1.57. The molecule has 0 aliphatic heterocycles. The predicted molar refractivity (Wildman–Crippen MR) is 63.2 cm³/mol. The Balaban J connectivity index is 2.52. The average Bonchev–Trinajstić information content (AvgIpc) is 2.39. The van der Waals surface area contributed by atoms with E-state index >= 15 is 0 Å². The number of hydrogen-bond donors (Lipinski definition) is 1. The van der Waals surface area contributed by atoms with E-state index in [1.54, 1.807) is 49.7 Å². The first-order chi connectivity index (χ1) is 8.22. The van der Waals surface area contributed by atoms with Crippen LogP contribution in [0.5, 0.6) is 5.75 Å². The molecule has 0 spiro atoms. The van der Waals surface area contributed by atoms with E-state index in [0.29, 0.717) is 11.4 Å². The molecule has 2 rings (SSSR count). The van der Waals surface area contributed by atoms with Gasteiger partial charge in [-0.05, 0) is 24.3 Å². The number of methoxy groups -OCH3 is 1. The highest BCUT2D eigenvalue weighted by Crippen LogP contribution is 2.27. The lowest BCUT2D eigenvalue weighted by Gasteiger charge is -2.07. The Labute approximate surface area is 98.5 Å². The highest BCUT2D eigenvalue weighted by molar-refractivity contribution is 5.89. The summed E-state index contributed by atoms with van der Waals surface area (Å²) in [6.45, 7) is 0. The smallest absolute Gasteiger partial charge is 0.335 e.